The zero-order chi connectivity index (χ0) is 26.1. The number of hydrogen-bond acceptors (Lipinski definition) is 8. The number of aliphatic hydroxyl groups is 1. The molecule has 1 heterocycles. The average molecular weight is 522 g/mol. The largest absolute Gasteiger partial charge is 0.444 e. The van der Waals surface area contributed by atoms with E-state index in [-0.39, 0.29) is 37.3 Å². The molecular formula is C25H35N3O7S. The Labute approximate surface area is 212 Å². The fraction of sp³-hybridized carbons (Fsp3) is 0.480. The number of nitrogens with zero attached hydrogens (tertiary/aromatic N) is 1. The monoisotopic (exact) mass is 521 g/mol. The van der Waals surface area contributed by atoms with E-state index in [2.05, 4.69) is 5.32 Å². The molecule has 0 aliphatic carbocycles. The third-order valence-electron chi connectivity index (χ3n) is 5.59. The molecule has 0 bridgehead atoms. The summed E-state index contributed by atoms with van der Waals surface area (Å²) in [5.74, 6) is 0.0589. The fourth-order valence-electron chi connectivity index (χ4n) is 3.79. The molecule has 2 aromatic rings. The molecule has 36 heavy (non-hydrogen) atoms. The molecule has 3 atom stereocenters. The van der Waals surface area contributed by atoms with Gasteiger partial charge in [-0.25, -0.2) is 4.79 Å². The molecule has 0 unspecified atom stereocenters. The first kappa shape index (κ1) is 27.7. The number of nitrogen functional groups attached to an aromatic ring is 1. The number of carbonyl (C=O) groups is 1. The maximum atomic E-state index is 13.1. The number of nitrogens with one attached hydrogen (secondary N) is 1. The second-order valence-electron chi connectivity index (χ2n) is 9.22. The summed E-state index contributed by atoms with van der Waals surface area (Å²) in [6, 6.07) is 14.5. The number of anilines is 1. The predicted molar refractivity (Wildman–Crippen MR) is 136 cm³/mol. The minimum absolute atomic E-state index is 0.0464. The molecular weight excluding hydrogens is 486 g/mol. The quantitative estimate of drug-likeness (QED) is 0.362. The second kappa shape index (κ2) is 12.9. The molecule has 198 valence electrons. The van der Waals surface area contributed by atoms with Crippen LogP contribution in [0.4, 0.5) is 10.5 Å². The van der Waals surface area contributed by atoms with Crippen molar-refractivity contribution >= 4 is 22.1 Å². The van der Waals surface area contributed by atoms with Crippen molar-refractivity contribution in [3.63, 3.8) is 0 Å². The van der Waals surface area contributed by atoms with Crippen LogP contribution in [0, 0.1) is 5.92 Å². The summed E-state index contributed by atoms with van der Waals surface area (Å²) < 4.78 is 43.3. The van der Waals surface area contributed by atoms with Crippen molar-refractivity contribution < 1.29 is 32.0 Å². The van der Waals surface area contributed by atoms with Crippen molar-refractivity contribution in [3.05, 3.63) is 60.2 Å². The minimum Gasteiger partial charge on any atom is -0.444 e. The lowest BCUT2D eigenvalue weighted by molar-refractivity contribution is 0.0638. The van der Waals surface area contributed by atoms with E-state index in [4.69, 9.17) is 19.4 Å². The second-order valence-corrected chi connectivity index (χ2v) is 10.8. The number of benzene rings is 2. The highest BCUT2D eigenvalue weighted by molar-refractivity contribution is 7.84. The van der Waals surface area contributed by atoms with Crippen LogP contribution in [0.15, 0.2) is 54.6 Å². The zero-order valence-corrected chi connectivity index (χ0v) is 21.4. The SMILES string of the molecule is CC(C)CN(C[C@@H](O)[C@H](Cc1ccccc1)NC(=O)O[C@H]1CCOC1)S(=O)(=O)Oc1ccc(N)cc1. The van der Waals surface area contributed by atoms with Crippen LogP contribution in [0.25, 0.3) is 0 Å². The van der Waals surface area contributed by atoms with Gasteiger partial charge in [-0.2, -0.15) is 12.7 Å². The van der Waals surface area contributed by atoms with Crippen LogP contribution >= 0.6 is 0 Å². The predicted octanol–water partition coefficient (Wildman–Crippen LogP) is 2.34. The zero-order valence-electron chi connectivity index (χ0n) is 20.6. The normalized spacial score (nSPS) is 17.6. The van der Waals surface area contributed by atoms with Crippen LogP contribution in [-0.4, -0.2) is 68.5 Å². The Morgan fingerprint density at radius 3 is 2.47 bits per heavy atom. The molecule has 2 aromatic carbocycles. The van der Waals surface area contributed by atoms with Gasteiger partial charge in [-0.15, -0.1) is 0 Å². The lowest BCUT2D eigenvalue weighted by Crippen LogP contribution is -2.52. The number of nitrogens with two attached hydrogens (primary N) is 1. The van der Waals surface area contributed by atoms with Gasteiger partial charge in [-0.05, 0) is 42.2 Å². The van der Waals surface area contributed by atoms with Gasteiger partial charge in [-0.1, -0.05) is 44.2 Å². The van der Waals surface area contributed by atoms with E-state index in [9.17, 15) is 18.3 Å². The molecule has 1 saturated heterocycles. The first-order chi connectivity index (χ1) is 17.1. The fourth-order valence-corrected chi connectivity index (χ4v) is 5.07. The van der Waals surface area contributed by atoms with E-state index in [0.29, 0.717) is 25.3 Å². The van der Waals surface area contributed by atoms with Crippen LogP contribution in [0.5, 0.6) is 5.75 Å². The summed E-state index contributed by atoms with van der Waals surface area (Å²) in [6.45, 7) is 4.38. The summed E-state index contributed by atoms with van der Waals surface area (Å²) in [6.07, 6.45) is -1.43. The number of carbonyl (C=O) groups excluding carboxylic acids is 1. The lowest BCUT2D eigenvalue weighted by atomic mass is 10.0. The van der Waals surface area contributed by atoms with E-state index in [1.54, 1.807) is 0 Å². The number of rotatable bonds is 12. The molecule has 1 amide bonds. The maximum Gasteiger partial charge on any atom is 0.407 e. The van der Waals surface area contributed by atoms with E-state index in [1.165, 1.54) is 24.3 Å². The van der Waals surface area contributed by atoms with Gasteiger partial charge in [0.05, 0.1) is 25.4 Å². The van der Waals surface area contributed by atoms with Crippen LogP contribution in [0.3, 0.4) is 0 Å². The van der Waals surface area contributed by atoms with Crippen molar-refractivity contribution in [3.8, 4) is 5.75 Å². The van der Waals surface area contributed by atoms with Crippen molar-refractivity contribution in [1.82, 2.24) is 9.62 Å². The Hall–Kier alpha value is -2.86. The summed E-state index contributed by atoms with van der Waals surface area (Å²) in [5.41, 5.74) is 7.01. The lowest BCUT2D eigenvalue weighted by Gasteiger charge is -2.30. The highest BCUT2D eigenvalue weighted by Crippen LogP contribution is 2.19. The molecule has 4 N–H and O–H groups in total. The number of aliphatic hydroxyl groups excluding tert-OH is 1. The third kappa shape index (κ3) is 8.66. The smallest absolute Gasteiger partial charge is 0.407 e. The van der Waals surface area contributed by atoms with E-state index >= 15 is 0 Å². The highest BCUT2D eigenvalue weighted by Gasteiger charge is 2.32. The maximum absolute atomic E-state index is 13.1. The Bertz CT molecular complexity index is 1060. The first-order valence-electron chi connectivity index (χ1n) is 11.9. The van der Waals surface area contributed by atoms with Crippen LogP contribution in [-0.2, 0) is 26.2 Å². The molecule has 1 aliphatic heterocycles. The van der Waals surface area contributed by atoms with Crippen molar-refractivity contribution in [2.45, 2.75) is 44.9 Å². The Morgan fingerprint density at radius 2 is 1.86 bits per heavy atom. The average Bonchev–Trinajstić information content (AvgIpc) is 3.33. The Morgan fingerprint density at radius 1 is 1.17 bits per heavy atom. The van der Waals surface area contributed by atoms with Crippen LogP contribution in [0.2, 0.25) is 0 Å². The molecule has 0 saturated carbocycles. The molecule has 0 aromatic heterocycles. The Balaban J connectivity index is 1.76. The summed E-state index contributed by atoms with van der Waals surface area (Å²) in [4.78, 5) is 12.6. The van der Waals surface area contributed by atoms with E-state index in [1.807, 2.05) is 44.2 Å². The van der Waals surface area contributed by atoms with Gasteiger partial charge in [-0.3, -0.25) is 0 Å². The van der Waals surface area contributed by atoms with Crippen LogP contribution < -0.4 is 15.2 Å². The van der Waals surface area contributed by atoms with Crippen molar-refractivity contribution in [1.29, 1.82) is 0 Å². The molecule has 1 aliphatic rings. The van der Waals surface area contributed by atoms with E-state index < -0.39 is 28.5 Å². The Kier molecular flexibility index (Phi) is 9.94. The van der Waals surface area contributed by atoms with Gasteiger partial charge in [0.25, 0.3) is 0 Å². The first-order valence-corrected chi connectivity index (χ1v) is 13.3. The van der Waals surface area contributed by atoms with Crippen molar-refractivity contribution in [2.24, 2.45) is 5.92 Å². The number of hydrogen-bond donors (Lipinski definition) is 3. The molecule has 11 heteroatoms. The summed E-state index contributed by atoms with van der Waals surface area (Å²) >= 11 is 0. The topological polar surface area (TPSA) is 140 Å². The minimum atomic E-state index is -4.26. The number of alkyl carbamates (subject to hydrolysis) is 1. The highest BCUT2D eigenvalue weighted by atomic mass is 32.2. The standard InChI is InChI=1S/C25H35N3O7S/c1-18(2)15-28(36(31,32)35-21-10-8-20(26)9-11-21)16-24(29)23(14-19-6-4-3-5-7-19)27-25(30)34-22-12-13-33-17-22/h3-11,18,22-24,29H,12-17,26H2,1-2H3,(H,27,30)/t22-,23-,24+/m0/s1. The van der Waals surface area contributed by atoms with Gasteiger partial charge in [0, 0.05) is 25.2 Å². The van der Waals surface area contributed by atoms with Gasteiger partial charge < -0.3 is 29.8 Å². The van der Waals surface area contributed by atoms with Gasteiger partial charge in [0.1, 0.15) is 11.9 Å². The molecule has 10 nitrogen and oxygen atoms in total. The van der Waals surface area contributed by atoms with E-state index in [0.717, 1.165) is 9.87 Å². The van der Waals surface area contributed by atoms with Crippen LogP contribution in [0.1, 0.15) is 25.8 Å². The van der Waals surface area contributed by atoms with Crippen molar-refractivity contribution in [2.75, 3.05) is 32.0 Å². The molecule has 0 spiro atoms. The molecule has 3 rings (SSSR count). The molecule has 1 fully saturated rings. The van der Waals surface area contributed by atoms with Gasteiger partial charge in [0.15, 0.2) is 0 Å². The third-order valence-corrected chi connectivity index (χ3v) is 6.92. The molecule has 0 radical (unpaired) electrons. The summed E-state index contributed by atoms with van der Waals surface area (Å²) in [5, 5.41) is 13.9. The van der Waals surface area contributed by atoms with Gasteiger partial charge in [0.2, 0.25) is 0 Å². The summed E-state index contributed by atoms with van der Waals surface area (Å²) in [7, 11) is -4.26. The number of amides is 1. The van der Waals surface area contributed by atoms with Gasteiger partial charge >= 0.3 is 16.4 Å². The number of ether oxygens (including phenoxy) is 2.